The Labute approximate surface area is 93.5 Å². The Balaban J connectivity index is 2.84. The van der Waals surface area contributed by atoms with Gasteiger partial charge in [0.1, 0.15) is 0 Å². The van der Waals surface area contributed by atoms with Crippen molar-refractivity contribution in [2.45, 2.75) is 26.2 Å². The second-order valence-corrected chi connectivity index (χ2v) is 4.81. The number of aromatic nitrogens is 2. The second-order valence-electron chi connectivity index (χ2n) is 4.81. The molecule has 4 heteroatoms. The number of nitrogens with zero attached hydrogens (tertiary/aromatic N) is 2. The van der Waals surface area contributed by atoms with Gasteiger partial charge in [0, 0.05) is 17.3 Å². The van der Waals surface area contributed by atoms with Crippen LogP contribution in [-0.4, -0.2) is 20.8 Å². The standard InChI is InChI=1S/C12H14N2O2/c1-12(2,3)10-7-8-9(5-4-6-13-8)14(10)11(15)16/h4-7H,1-3H3,(H,15,16). The van der Waals surface area contributed by atoms with Gasteiger partial charge >= 0.3 is 6.09 Å². The van der Waals surface area contributed by atoms with E-state index in [-0.39, 0.29) is 5.41 Å². The molecule has 2 aromatic rings. The fraction of sp³-hybridized carbons (Fsp3) is 0.333. The van der Waals surface area contributed by atoms with E-state index in [9.17, 15) is 9.90 Å². The van der Waals surface area contributed by atoms with Gasteiger partial charge in [0.25, 0.3) is 0 Å². The van der Waals surface area contributed by atoms with Crippen LogP contribution in [-0.2, 0) is 5.41 Å². The smallest absolute Gasteiger partial charge is 0.416 e. The number of rotatable bonds is 0. The number of pyridine rings is 1. The Hall–Kier alpha value is -1.84. The molecule has 4 nitrogen and oxygen atoms in total. The van der Waals surface area contributed by atoms with Crippen LogP contribution in [0.5, 0.6) is 0 Å². The van der Waals surface area contributed by atoms with Crippen LogP contribution in [0, 0.1) is 0 Å². The van der Waals surface area contributed by atoms with Crippen LogP contribution in [0.25, 0.3) is 11.0 Å². The summed E-state index contributed by atoms with van der Waals surface area (Å²) in [5, 5.41) is 9.25. The summed E-state index contributed by atoms with van der Waals surface area (Å²) in [5.74, 6) is 0. The fourth-order valence-electron chi connectivity index (χ4n) is 1.79. The number of hydrogen-bond donors (Lipinski definition) is 1. The van der Waals surface area contributed by atoms with Crippen LogP contribution in [0.1, 0.15) is 26.5 Å². The first-order valence-corrected chi connectivity index (χ1v) is 5.11. The first kappa shape index (κ1) is 10.7. The molecule has 0 saturated heterocycles. The van der Waals surface area contributed by atoms with Crippen molar-refractivity contribution < 1.29 is 9.90 Å². The molecule has 0 aliphatic heterocycles. The van der Waals surface area contributed by atoms with E-state index in [0.29, 0.717) is 5.52 Å². The summed E-state index contributed by atoms with van der Waals surface area (Å²) in [4.78, 5) is 15.5. The maximum Gasteiger partial charge on any atom is 0.416 e. The highest BCUT2D eigenvalue weighted by Gasteiger charge is 2.24. The van der Waals surface area contributed by atoms with E-state index in [1.54, 1.807) is 18.3 Å². The highest BCUT2D eigenvalue weighted by atomic mass is 16.4. The zero-order valence-corrected chi connectivity index (χ0v) is 9.56. The predicted octanol–water partition coefficient (Wildman–Crippen LogP) is 2.86. The van der Waals surface area contributed by atoms with Gasteiger partial charge in [-0.05, 0) is 18.2 Å². The molecule has 16 heavy (non-hydrogen) atoms. The number of carbonyl (C=O) groups is 1. The predicted molar refractivity (Wildman–Crippen MR) is 61.9 cm³/mol. The normalized spacial score (nSPS) is 11.9. The maximum absolute atomic E-state index is 11.3. The van der Waals surface area contributed by atoms with E-state index in [1.807, 2.05) is 26.8 Å². The molecule has 0 radical (unpaired) electrons. The van der Waals surface area contributed by atoms with Crippen molar-refractivity contribution >= 4 is 17.1 Å². The van der Waals surface area contributed by atoms with Gasteiger partial charge in [0.05, 0.1) is 11.0 Å². The Morgan fingerprint density at radius 1 is 1.44 bits per heavy atom. The molecule has 2 heterocycles. The summed E-state index contributed by atoms with van der Waals surface area (Å²) in [7, 11) is 0. The first-order valence-electron chi connectivity index (χ1n) is 5.11. The lowest BCUT2D eigenvalue weighted by Crippen LogP contribution is -2.21. The van der Waals surface area contributed by atoms with E-state index < -0.39 is 6.09 Å². The van der Waals surface area contributed by atoms with Gasteiger partial charge in [-0.2, -0.15) is 0 Å². The Morgan fingerprint density at radius 3 is 2.69 bits per heavy atom. The molecule has 0 unspecified atom stereocenters. The Bertz CT molecular complexity index is 550. The minimum absolute atomic E-state index is 0.223. The average molecular weight is 218 g/mol. The molecular weight excluding hydrogens is 204 g/mol. The maximum atomic E-state index is 11.3. The summed E-state index contributed by atoms with van der Waals surface area (Å²) < 4.78 is 1.31. The van der Waals surface area contributed by atoms with Crippen LogP contribution >= 0.6 is 0 Å². The SMILES string of the molecule is CC(C)(C)c1cc2ncccc2n1C(=O)O. The molecule has 84 valence electrons. The van der Waals surface area contributed by atoms with Crippen molar-refractivity contribution in [1.82, 2.24) is 9.55 Å². The molecule has 1 N–H and O–H groups in total. The third-order valence-electron chi connectivity index (χ3n) is 2.53. The molecule has 0 amide bonds. The van der Waals surface area contributed by atoms with Crippen LogP contribution < -0.4 is 0 Å². The van der Waals surface area contributed by atoms with Gasteiger partial charge in [-0.1, -0.05) is 20.8 Å². The minimum atomic E-state index is -0.965. The quantitative estimate of drug-likeness (QED) is 0.739. The van der Waals surface area contributed by atoms with Gasteiger partial charge in [-0.15, -0.1) is 0 Å². The monoisotopic (exact) mass is 218 g/mol. The van der Waals surface area contributed by atoms with E-state index in [4.69, 9.17) is 0 Å². The molecular formula is C12H14N2O2. The summed E-state index contributed by atoms with van der Waals surface area (Å²) in [6.07, 6.45) is 0.703. The van der Waals surface area contributed by atoms with Crippen LogP contribution in [0.3, 0.4) is 0 Å². The van der Waals surface area contributed by atoms with Crippen molar-refractivity contribution in [3.8, 4) is 0 Å². The first-order chi connectivity index (χ1) is 7.41. The summed E-state index contributed by atoms with van der Waals surface area (Å²) >= 11 is 0. The minimum Gasteiger partial charge on any atom is -0.464 e. The molecule has 0 spiro atoms. The van der Waals surface area contributed by atoms with Crippen molar-refractivity contribution in [2.24, 2.45) is 0 Å². The van der Waals surface area contributed by atoms with Gasteiger partial charge in [-0.3, -0.25) is 4.98 Å². The molecule has 2 rings (SSSR count). The molecule has 0 atom stereocenters. The van der Waals surface area contributed by atoms with Gasteiger partial charge in [0.2, 0.25) is 0 Å². The van der Waals surface area contributed by atoms with Gasteiger partial charge in [0.15, 0.2) is 0 Å². The van der Waals surface area contributed by atoms with E-state index in [0.717, 1.165) is 11.2 Å². The van der Waals surface area contributed by atoms with Crippen molar-refractivity contribution in [2.75, 3.05) is 0 Å². The molecule has 2 aromatic heterocycles. The average Bonchev–Trinajstić information content (AvgIpc) is 2.55. The fourth-order valence-corrected chi connectivity index (χ4v) is 1.79. The Morgan fingerprint density at radius 2 is 2.12 bits per heavy atom. The molecule has 0 aromatic carbocycles. The Kier molecular flexibility index (Phi) is 2.22. The van der Waals surface area contributed by atoms with Crippen LogP contribution in [0.15, 0.2) is 24.4 Å². The van der Waals surface area contributed by atoms with Gasteiger partial charge in [-0.25, -0.2) is 9.36 Å². The second kappa shape index (κ2) is 3.33. The topological polar surface area (TPSA) is 55.1 Å². The number of carboxylic acid groups (broad SMARTS) is 1. The van der Waals surface area contributed by atoms with Crippen LogP contribution in [0.4, 0.5) is 4.79 Å². The highest BCUT2D eigenvalue weighted by molar-refractivity contribution is 5.88. The van der Waals surface area contributed by atoms with E-state index in [1.165, 1.54) is 4.57 Å². The third kappa shape index (κ3) is 1.56. The van der Waals surface area contributed by atoms with E-state index >= 15 is 0 Å². The molecule has 0 aliphatic rings. The molecule has 0 bridgehead atoms. The van der Waals surface area contributed by atoms with Crippen LogP contribution in [0.2, 0.25) is 0 Å². The van der Waals surface area contributed by atoms with Crippen molar-refractivity contribution in [3.05, 3.63) is 30.1 Å². The largest absolute Gasteiger partial charge is 0.464 e. The zero-order valence-electron chi connectivity index (χ0n) is 9.56. The number of hydrogen-bond acceptors (Lipinski definition) is 2. The van der Waals surface area contributed by atoms with Crippen molar-refractivity contribution in [1.29, 1.82) is 0 Å². The lowest BCUT2D eigenvalue weighted by Gasteiger charge is -2.19. The summed E-state index contributed by atoms with van der Waals surface area (Å²) in [6, 6.07) is 5.35. The lowest BCUT2D eigenvalue weighted by atomic mass is 9.92. The molecule has 0 fully saturated rings. The highest BCUT2D eigenvalue weighted by Crippen LogP contribution is 2.28. The van der Waals surface area contributed by atoms with Crippen molar-refractivity contribution in [3.63, 3.8) is 0 Å². The molecule has 0 saturated carbocycles. The van der Waals surface area contributed by atoms with Gasteiger partial charge < -0.3 is 5.11 Å². The summed E-state index contributed by atoms with van der Waals surface area (Å²) in [6.45, 7) is 5.96. The third-order valence-corrected chi connectivity index (χ3v) is 2.53. The summed E-state index contributed by atoms with van der Waals surface area (Å²) in [5.41, 5.74) is 1.89. The number of fused-ring (bicyclic) bond motifs is 1. The lowest BCUT2D eigenvalue weighted by molar-refractivity contribution is 0.195. The zero-order chi connectivity index (χ0) is 11.9. The van der Waals surface area contributed by atoms with E-state index in [2.05, 4.69) is 4.98 Å². The molecule has 0 aliphatic carbocycles.